The first-order valence-corrected chi connectivity index (χ1v) is 6.32. The van der Waals surface area contributed by atoms with E-state index in [1.54, 1.807) is 12.1 Å². The molecule has 3 rings (SSSR count). The highest BCUT2D eigenvalue weighted by Crippen LogP contribution is 2.45. The summed E-state index contributed by atoms with van der Waals surface area (Å²) in [4.78, 5) is 10.7. The van der Waals surface area contributed by atoms with Crippen LogP contribution in [0.25, 0.3) is 0 Å². The van der Waals surface area contributed by atoms with Gasteiger partial charge in [0.1, 0.15) is 0 Å². The second kappa shape index (κ2) is 4.06. The number of benzene rings is 1. The molecule has 2 aliphatic carbocycles. The van der Waals surface area contributed by atoms with E-state index in [0.29, 0.717) is 11.6 Å². The fraction of sp³-hybridized carbons (Fsp3) is 0.500. The maximum Gasteiger partial charge on any atom is 0.335 e. The lowest BCUT2D eigenvalue weighted by Gasteiger charge is -2.24. The number of anilines is 1. The Bertz CT molecular complexity index is 426. The van der Waals surface area contributed by atoms with Crippen LogP contribution in [0.15, 0.2) is 24.3 Å². The SMILES string of the molecule is O=C(O)c1ccc(NC2CC3CCC2C3)cc1. The van der Waals surface area contributed by atoms with Crippen LogP contribution in [0.1, 0.15) is 36.0 Å². The quantitative estimate of drug-likeness (QED) is 0.840. The zero-order valence-corrected chi connectivity index (χ0v) is 9.73. The molecule has 1 aromatic rings. The second-order valence-electron chi connectivity index (χ2n) is 5.31. The molecule has 0 heterocycles. The topological polar surface area (TPSA) is 49.3 Å². The maximum absolute atomic E-state index is 10.7. The van der Waals surface area contributed by atoms with Crippen LogP contribution in [0.3, 0.4) is 0 Å². The third-order valence-electron chi connectivity index (χ3n) is 4.22. The summed E-state index contributed by atoms with van der Waals surface area (Å²) in [7, 11) is 0. The zero-order valence-electron chi connectivity index (χ0n) is 9.73. The van der Waals surface area contributed by atoms with Gasteiger partial charge in [0.2, 0.25) is 0 Å². The van der Waals surface area contributed by atoms with Gasteiger partial charge in [-0.25, -0.2) is 4.79 Å². The van der Waals surface area contributed by atoms with E-state index in [-0.39, 0.29) is 0 Å². The number of hydrogen-bond donors (Lipinski definition) is 2. The van der Waals surface area contributed by atoms with E-state index in [9.17, 15) is 4.79 Å². The van der Waals surface area contributed by atoms with Crippen molar-refractivity contribution in [1.29, 1.82) is 0 Å². The van der Waals surface area contributed by atoms with Crippen molar-refractivity contribution in [3.05, 3.63) is 29.8 Å². The van der Waals surface area contributed by atoms with Gasteiger partial charge in [0.05, 0.1) is 5.56 Å². The molecular formula is C14H17NO2. The Kier molecular flexibility index (Phi) is 2.54. The fourth-order valence-electron chi connectivity index (χ4n) is 3.34. The molecule has 3 nitrogen and oxygen atoms in total. The molecule has 2 aliphatic rings. The molecule has 1 aromatic carbocycles. The summed E-state index contributed by atoms with van der Waals surface area (Å²) in [5.74, 6) is 0.895. The van der Waals surface area contributed by atoms with Crippen molar-refractivity contribution in [2.45, 2.75) is 31.7 Å². The standard InChI is InChI=1S/C14H17NO2/c16-14(17)10-3-5-12(6-4-10)15-13-8-9-1-2-11(13)7-9/h3-6,9,11,13,15H,1-2,7-8H2,(H,16,17). The lowest BCUT2D eigenvalue weighted by Crippen LogP contribution is -2.25. The van der Waals surface area contributed by atoms with E-state index in [1.165, 1.54) is 25.7 Å². The third kappa shape index (κ3) is 2.02. The molecule has 2 bridgehead atoms. The van der Waals surface area contributed by atoms with Crippen molar-refractivity contribution in [3.63, 3.8) is 0 Å². The minimum Gasteiger partial charge on any atom is -0.478 e. The highest BCUT2D eigenvalue weighted by Gasteiger charge is 2.39. The maximum atomic E-state index is 10.7. The first-order valence-electron chi connectivity index (χ1n) is 6.32. The summed E-state index contributed by atoms with van der Waals surface area (Å²) in [6.45, 7) is 0. The summed E-state index contributed by atoms with van der Waals surface area (Å²) in [5, 5.41) is 12.4. The van der Waals surface area contributed by atoms with Gasteiger partial charge in [-0.3, -0.25) is 0 Å². The molecule has 3 atom stereocenters. The first kappa shape index (κ1) is 10.6. The first-order chi connectivity index (χ1) is 8.22. The highest BCUT2D eigenvalue weighted by molar-refractivity contribution is 5.88. The minimum atomic E-state index is -0.864. The summed E-state index contributed by atoms with van der Waals surface area (Å²) in [6, 6.07) is 7.67. The van der Waals surface area contributed by atoms with Crippen LogP contribution in [0, 0.1) is 11.8 Å². The molecule has 2 N–H and O–H groups in total. The van der Waals surface area contributed by atoms with Crippen molar-refractivity contribution >= 4 is 11.7 Å². The summed E-state index contributed by atoms with van der Waals surface area (Å²) in [6.07, 6.45) is 5.42. The highest BCUT2D eigenvalue weighted by atomic mass is 16.4. The lowest BCUT2D eigenvalue weighted by molar-refractivity contribution is 0.0697. The Balaban J connectivity index is 1.67. The van der Waals surface area contributed by atoms with Gasteiger partial charge in [0.15, 0.2) is 0 Å². The van der Waals surface area contributed by atoms with Crippen molar-refractivity contribution in [3.8, 4) is 0 Å². The van der Waals surface area contributed by atoms with E-state index >= 15 is 0 Å². The molecule has 0 radical (unpaired) electrons. The smallest absolute Gasteiger partial charge is 0.335 e. The second-order valence-corrected chi connectivity index (χ2v) is 5.31. The van der Waals surface area contributed by atoms with Crippen molar-refractivity contribution in [2.75, 3.05) is 5.32 Å². The summed E-state index contributed by atoms with van der Waals surface area (Å²) >= 11 is 0. The van der Waals surface area contributed by atoms with E-state index in [0.717, 1.165) is 17.5 Å². The van der Waals surface area contributed by atoms with Crippen LogP contribution in [-0.4, -0.2) is 17.1 Å². The Morgan fingerprint density at radius 1 is 1.18 bits per heavy atom. The molecule has 17 heavy (non-hydrogen) atoms. The predicted octanol–water partition coefficient (Wildman–Crippen LogP) is 2.99. The normalized spacial score (nSPS) is 30.5. The van der Waals surface area contributed by atoms with Gasteiger partial charge in [-0.2, -0.15) is 0 Å². The number of fused-ring (bicyclic) bond motifs is 2. The lowest BCUT2D eigenvalue weighted by atomic mass is 9.95. The van der Waals surface area contributed by atoms with Gasteiger partial charge in [-0.1, -0.05) is 6.42 Å². The number of aromatic carboxylic acids is 1. The van der Waals surface area contributed by atoms with Crippen LogP contribution in [0.2, 0.25) is 0 Å². The largest absolute Gasteiger partial charge is 0.478 e. The van der Waals surface area contributed by atoms with Gasteiger partial charge in [0, 0.05) is 11.7 Å². The van der Waals surface area contributed by atoms with Gasteiger partial charge in [-0.15, -0.1) is 0 Å². The van der Waals surface area contributed by atoms with Crippen LogP contribution in [0.5, 0.6) is 0 Å². The molecule has 0 spiro atoms. The molecule has 2 fully saturated rings. The molecule has 0 saturated heterocycles. The van der Waals surface area contributed by atoms with Crippen LogP contribution in [-0.2, 0) is 0 Å². The van der Waals surface area contributed by atoms with Gasteiger partial charge < -0.3 is 10.4 Å². The third-order valence-corrected chi connectivity index (χ3v) is 4.22. The Labute approximate surface area is 101 Å². The van der Waals surface area contributed by atoms with Crippen molar-refractivity contribution in [2.24, 2.45) is 11.8 Å². The predicted molar refractivity (Wildman–Crippen MR) is 66.3 cm³/mol. The number of carbonyl (C=O) groups is 1. The Hall–Kier alpha value is -1.51. The molecule has 2 saturated carbocycles. The summed E-state index contributed by atoms with van der Waals surface area (Å²) in [5.41, 5.74) is 1.40. The Morgan fingerprint density at radius 2 is 1.94 bits per heavy atom. The average molecular weight is 231 g/mol. The Morgan fingerprint density at radius 3 is 2.47 bits per heavy atom. The molecular weight excluding hydrogens is 214 g/mol. The van der Waals surface area contributed by atoms with Crippen molar-refractivity contribution in [1.82, 2.24) is 0 Å². The van der Waals surface area contributed by atoms with E-state index in [2.05, 4.69) is 5.32 Å². The average Bonchev–Trinajstić information content (AvgIpc) is 2.91. The monoisotopic (exact) mass is 231 g/mol. The van der Waals surface area contributed by atoms with Gasteiger partial charge in [0.25, 0.3) is 0 Å². The molecule has 3 unspecified atom stereocenters. The van der Waals surface area contributed by atoms with Gasteiger partial charge >= 0.3 is 5.97 Å². The van der Waals surface area contributed by atoms with E-state index < -0.39 is 5.97 Å². The fourth-order valence-corrected chi connectivity index (χ4v) is 3.34. The number of carboxylic acids is 1. The molecule has 3 heteroatoms. The molecule has 90 valence electrons. The number of hydrogen-bond acceptors (Lipinski definition) is 2. The number of rotatable bonds is 3. The minimum absolute atomic E-state index is 0.350. The van der Waals surface area contributed by atoms with Crippen LogP contribution >= 0.6 is 0 Å². The van der Waals surface area contributed by atoms with Crippen LogP contribution in [0.4, 0.5) is 5.69 Å². The summed E-state index contributed by atoms with van der Waals surface area (Å²) < 4.78 is 0. The molecule has 0 aromatic heterocycles. The van der Waals surface area contributed by atoms with Gasteiger partial charge in [-0.05, 0) is 55.4 Å². The van der Waals surface area contributed by atoms with E-state index in [1.807, 2.05) is 12.1 Å². The molecule has 0 amide bonds. The number of nitrogens with one attached hydrogen (secondary N) is 1. The van der Waals surface area contributed by atoms with Crippen LogP contribution < -0.4 is 5.32 Å². The molecule has 0 aliphatic heterocycles. The number of carboxylic acid groups (broad SMARTS) is 1. The van der Waals surface area contributed by atoms with E-state index in [4.69, 9.17) is 5.11 Å². The zero-order chi connectivity index (χ0) is 11.8. The van der Waals surface area contributed by atoms with Crippen molar-refractivity contribution < 1.29 is 9.90 Å².